The van der Waals surface area contributed by atoms with Crippen molar-refractivity contribution in [2.24, 2.45) is 0 Å². The van der Waals surface area contributed by atoms with Crippen LogP contribution in [0, 0.1) is 0 Å². The van der Waals surface area contributed by atoms with Crippen LogP contribution in [0.1, 0.15) is 38.5 Å². The van der Waals surface area contributed by atoms with E-state index in [1.54, 1.807) is 0 Å². The maximum Gasteiger partial charge on any atom is 0.242 e. The second kappa shape index (κ2) is 5.12. The van der Waals surface area contributed by atoms with Crippen molar-refractivity contribution in [2.75, 3.05) is 20.1 Å². The summed E-state index contributed by atoms with van der Waals surface area (Å²) in [7, 11) is 2.22. The molecule has 1 N–H and O–H groups in total. The van der Waals surface area contributed by atoms with Crippen molar-refractivity contribution in [1.29, 1.82) is 0 Å². The van der Waals surface area contributed by atoms with Crippen molar-refractivity contribution in [1.82, 2.24) is 15.1 Å². The molecule has 0 spiro atoms. The van der Waals surface area contributed by atoms with E-state index >= 15 is 0 Å². The first kappa shape index (κ1) is 12.9. The lowest BCUT2D eigenvalue weighted by Crippen LogP contribution is -2.56. The average Bonchev–Trinajstić information content (AvgIpc) is 2.52. The number of carbonyl (C=O) groups is 2. The summed E-state index contributed by atoms with van der Waals surface area (Å²) in [4.78, 5) is 28.0. The van der Waals surface area contributed by atoms with Gasteiger partial charge < -0.3 is 15.1 Å². The Morgan fingerprint density at radius 3 is 2.47 bits per heavy atom. The second-order valence-electron chi connectivity index (χ2n) is 6.14. The predicted octanol–water partition coefficient (Wildman–Crippen LogP) is 0.350. The summed E-state index contributed by atoms with van der Waals surface area (Å²) in [6.45, 7) is 0.777. The lowest BCUT2D eigenvalue weighted by Gasteiger charge is -2.49. The van der Waals surface area contributed by atoms with Crippen LogP contribution in [0.15, 0.2) is 0 Å². The molecule has 3 rings (SSSR count). The molecule has 0 radical (unpaired) electrons. The number of amides is 2. The second-order valence-corrected chi connectivity index (χ2v) is 6.14. The van der Waals surface area contributed by atoms with E-state index in [2.05, 4.69) is 17.3 Å². The number of hydrogen-bond acceptors (Lipinski definition) is 3. The smallest absolute Gasteiger partial charge is 0.242 e. The van der Waals surface area contributed by atoms with Crippen molar-refractivity contribution in [3.8, 4) is 0 Å². The maximum absolute atomic E-state index is 12.2. The zero-order chi connectivity index (χ0) is 13.4. The van der Waals surface area contributed by atoms with Crippen LogP contribution in [0.25, 0.3) is 0 Å². The fourth-order valence-electron chi connectivity index (χ4n) is 3.94. The fourth-order valence-corrected chi connectivity index (χ4v) is 3.94. The van der Waals surface area contributed by atoms with Gasteiger partial charge in [-0.15, -0.1) is 0 Å². The first-order valence-corrected chi connectivity index (χ1v) is 7.43. The summed E-state index contributed by atoms with van der Waals surface area (Å²) < 4.78 is 0. The van der Waals surface area contributed by atoms with Gasteiger partial charge in [-0.05, 0) is 32.7 Å². The van der Waals surface area contributed by atoms with E-state index in [4.69, 9.17) is 0 Å². The van der Waals surface area contributed by atoms with Crippen LogP contribution in [0.3, 0.4) is 0 Å². The van der Waals surface area contributed by atoms with Gasteiger partial charge in [0.05, 0.1) is 6.54 Å². The first-order valence-electron chi connectivity index (χ1n) is 7.43. The van der Waals surface area contributed by atoms with Crippen LogP contribution in [-0.2, 0) is 9.59 Å². The Hall–Kier alpha value is -1.10. The third kappa shape index (κ3) is 2.48. The molecule has 19 heavy (non-hydrogen) atoms. The number of rotatable bonds is 1. The van der Waals surface area contributed by atoms with Crippen molar-refractivity contribution in [2.45, 2.75) is 56.7 Å². The average molecular weight is 265 g/mol. The molecule has 0 aromatic rings. The van der Waals surface area contributed by atoms with Gasteiger partial charge in [0.25, 0.3) is 0 Å². The van der Waals surface area contributed by atoms with E-state index in [0.29, 0.717) is 31.1 Å². The highest BCUT2D eigenvalue weighted by molar-refractivity contribution is 5.87. The summed E-state index contributed by atoms with van der Waals surface area (Å²) in [6, 6.07) is 1.58. The van der Waals surface area contributed by atoms with Gasteiger partial charge in [0.2, 0.25) is 11.8 Å². The molecule has 106 valence electrons. The minimum absolute atomic E-state index is 0.00368. The summed E-state index contributed by atoms with van der Waals surface area (Å²) in [6.07, 6.45) is 6.43. The summed E-state index contributed by atoms with van der Waals surface area (Å²) in [5.41, 5.74) is 0. The molecular weight excluding hydrogens is 242 g/mol. The van der Waals surface area contributed by atoms with Crippen LogP contribution < -0.4 is 5.32 Å². The third-order valence-corrected chi connectivity index (χ3v) is 5.09. The molecule has 2 atom stereocenters. The van der Waals surface area contributed by atoms with Crippen LogP contribution in [0.4, 0.5) is 0 Å². The van der Waals surface area contributed by atoms with Crippen LogP contribution in [-0.4, -0.2) is 59.9 Å². The van der Waals surface area contributed by atoms with Gasteiger partial charge in [0.1, 0.15) is 0 Å². The highest BCUT2D eigenvalue weighted by Gasteiger charge is 2.39. The van der Waals surface area contributed by atoms with Gasteiger partial charge >= 0.3 is 0 Å². The zero-order valence-corrected chi connectivity index (χ0v) is 11.6. The van der Waals surface area contributed by atoms with Gasteiger partial charge in [0, 0.05) is 31.1 Å². The van der Waals surface area contributed by atoms with E-state index in [9.17, 15) is 9.59 Å². The van der Waals surface area contributed by atoms with Gasteiger partial charge in [-0.25, -0.2) is 0 Å². The number of nitrogens with zero attached hydrogens (tertiary/aromatic N) is 2. The van der Waals surface area contributed by atoms with E-state index in [1.807, 2.05) is 4.90 Å². The fraction of sp³-hybridized carbons (Fsp3) is 0.857. The van der Waals surface area contributed by atoms with Gasteiger partial charge in [-0.2, -0.15) is 0 Å². The molecule has 3 fully saturated rings. The molecule has 2 unspecified atom stereocenters. The first-order chi connectivity index (χ1) is 9.15. The normalized spacial score (nSPS) is 36.9. The lowest BCUT2D eigenvalue weighted by molar-refractivity contribution is -0.134. The topological polar surface area (TPSA) is 52.6 Å². The van der Waals surface area contributed by atoms with Crippen molar-refractivity contribution in [3.63, 3.8) is 0 Å². The van der Waals surface area contributed by atoms with E-state index in [0.717, 1.165) is 12.8 Å². The standard InChI is InChI=1S/C14H23N3O2/c1-16-10-3-2-4-11(16)8-12(7-10)17-6-5-13(18)15-9-14(17)19/h10-12H,2-9H2,1H3,(H,15,18). The quantitative estimate of drug-likeness (QED) is 0.744. The van der Waals surface area contributed by atoms with Crippen molar-refractivity contribution in [3.05, 3.63) is 0 Å². The minimum Gasteiger partial charge on any atom is -0.347 e. The Kier molecular flexibility index (Phi) is 3.48. The number of nitrogens with one attached hydrogen (secondary N) is 1. The Labute approximate surface area is 114 Å². The largest absolute Gasteiger partial charge is 0.347 e. The molecule has 3 saturated heterocycles. The molecule has 3 heterocycles. The molecular formula is C14H23N3O2. The number of piperidine rings is 2. The zero-order valence-electron chi connectivity index (χ0n) is 11.6. The molecule has 5 nitrogen and oxygen atoms in total. The van der Waals surface area contributed by atoms with Gasteiger partial charge in [-0.1, -0.05) is 6.42 Å². The molecule has 2 bridgehead atoms. The maximum atomic E-state index is 12.2. The molecule has 2 amide bonds. The predicted molar refractivity (Wildman–Crippen MR) is 71.6 cm³/mol. The summed E-state index contributed by atoms with van der Waals surface area (Å²) in [5, 5.41) is 2.68. The summed E-state index contributed by atoms with van der Waals surface area (Å²) in [5.74, 6) is 0.0995. The van der Waals surface area contributed by atoms with E-state index in [1.165, 1.54) is 19.3 Å². The highest BCUT2D eigenvalue weighted by Crippen LogP contribution is 2.34. The SMILES string of the molecule is CN1C2CCCC1CC(N1CCC(=O)NCC1=O)C2. The van der Waals surface area contributed by atoms with Crippen LogP contribution in [0.5, 0.6) is 0 Å². The van der Waals surface area contributed by atoms with E-state index in [-0.39, 0.29) is 18.4 Å². The Morgan fingerprint density at radius 2 is 1.79 bits per heavy atom. The van der Waals surface area contributed by atoms with Crippen LogP contribution >= 0.6 is 0 Å². The van der Waals surface area contributed by atoms with Crippen molar-refractivity contribution < 1.29 is 9.59 Å². The number of hydrogen-bond donors (Lipinski definition) is 1. The summed E-state index contributed by atoms with van der Waals surface area (Å²) >= 11 is 0. The molecule has 3 aliphatic rings. The monoisotopic (exact) mass is 265 g/mol. The molecule has 5 heteroatoms. The lowest BCUT2D eigenvalue weighted by atomic mass is 9.81. The van der Waals surface area contributed by atoms with E-state index < -0.39 is 0 Å². The third-order valence-electron chi connectivity index (χ3n) is 5.09. The Bertz CT molecular complexity index is 371. The molecule has 0 saturated carbocycles. The molecule has 3 aliphatic heterocycles. The molecule has 0 aromatic heterocycles. The molecule has 0 aromatic carbocycles. The molecule has 0 aliphatic carbocycles. The highest BCUT2D eigenvalue weighted by atomic mass is 16.2. The Balaban J connectivity index is 1.71. The minimum atomic E-state index is 0.00368. The number of carbonyl (C=O) groups excluding carboxylic acids is 2. The van der Waals surface area contributed by atoms with Gasteiger partial charge in [0.15, 0.2) is 0 Å². The number of fused-ring (bicyclic) bond motifs is 2. The van der Waals surface area contributed by atoms with Crippen molar-refractivity contribution >= 4 is 11.8 Å². The Morgan fingerprint density at radius 1 is 1.11 bits per heavy atom. The van der Waals surface area contributed by atoms with Crippen LogP contribution in [0.2, 0.25) is 0 Å². The van der Waals surface area contributed by atoms with Gasteiger partial charge in [-0.3, -0.25) is 9.59 Å².